The molecule has 25 heavy (non-hydrogen) atoms. The fraction of sp³-hybridized carbons (Fsp3) is 0.235. The summed E-state index contributed by atoms with van der Waals surface area (Å²) in [6.07, 6.45) is 5.14. The summed E-state index contributed by atoms with van der Waals surface area (Å²) in [5.41, 5.74) is 4.33. The van der Waals surface area contributed by atoms with Gasteiger partial charge in [0.1, 0.15) is 6.61 Å². The Labute approximate surface area is 144 Å². The van der Waals surface area contributed by atoms with Gasteiger partial charge in [-0.2, -0.15) is 0 Å². The van der Waals surface area contributed by atoms with Gasteiger partial charge >= 0.3 is 5.97 Å². The van der Waals surface area contributed by atoms with Gasteiger partial charge in [0.05, 0.1) is 0 Å². The Balaban J connectivity index is 1.71. The molecule has 1 aliphatic rings. The Bertz CT molecular complexity index is 698. The second-order valence-corrected chi connectivity index (χ2v) is 4.89. The van der Waals surface area contributed by atoms with Gasteiger partial charge in [-0.25, -0.2) is 4.79 Å². The van der Waals surface area contributed by atoms with Gasteiger partial charge in [-0.3, -0.25) is 20.4 Å². The van der Waals surface area contributed by atoms with Crippen LogP contribution in [0.1, 0.15) is 6.92 Å². The summed E-state index contributed by atoms with van der Waals surface area (Å²) in [6.45, 7) is 1.29. The zero-order valence-corrected chi connectivity index (χ0v) is 13.6. The number of esters is 1. The van der Waals surface area contributed by atoms with E-state index >= 15 is 0 Å². The van der Waals surface area contributed by atoms with E-state index in [1.54, 1.807) is 43.3 Å². The van der Waals surface area contributed by atoms with Crippen molar-refractivity contribution in [1.82, 2.24) is 10.9 Å². The summed E-state index contributed by atoms with van der Waals surface area (Å²) in [6, 6.07) is 6.94. The van der Waals surface area contributed by atoms with Crippen molar-refractivity contribution in [3.63, 3.8) is 0 Å². The van der Waals surface area contributed by atoms with Gasteiger partial charge in [0.15, 0.2) is 18.1 Å². The van der Waals surface area contributed by atoms with E-state index in [0.29, 0.717) is 11.5 Å². The van der Waals surface area contributed by atoms with Gasteiger partial charge < -0.3 is 14.2 Å². The minimum absolute atomic E-state index is 0.0173. The molecule has 1 aromatic rings. The summed E-state index contributed by atoms with van der Waals surface area (Å²) in [5, 5.41) is 0. The van der Waals surface area contributed by atoms with Crippen molar-refractivity contribution in [3.8, 4) is 11.5 Å². The summed E-state index contributed by atoms with van der Waals surface area (Å²) < 4.78 is 15.6. The largest absolute Gasteiger partial charge is 0.485 e. The molecule has 1 atom stereocenters. The van der Waals surface area contributed by atoms with Crippen LogP contribution in [0.15, 0.2) is 48.6 Å². The van der Waals surface area contributed by atoms with Crippen molar-refractivity contribution in [1.29, 1.82) is 0 Å². The first-order valence-electron chi connectivity index (χ1n) is 7.53. The van der Waals surface area contributed by atoms with Crippen molar-refractivity contribution < 1.29 is 28.6 Å². The molecule has 0 unspecified atom stereocenters. The topological polar surface area (TPSA) is 103 Å². The Hall–Kier alpha value is -3.29. The van der Waals surface area contributed by atoms with Gasteiger partial charge in [-0.1, -0.05) is 30.4 Å². The van der Waals surface area contributed by atoms with E-state index < -0.39 is 30.5 Å². The highest BCUT2D eigenvalue weighted by atomic mass is 16.6. The molecule has 0 spiro atoms. The summed E-state index contributed by atoms with van der Waals surface area (Å²) in [7, 11) is 0. The maximum Gasteiger partial charge on any atom is 0.331 e. The van der Waals surface area contributed by atoms with Crippen molar-refractivity contribution in [2.24, 2.45) is 0 Å². The Morgan fingerprint density at radius 1 is 1.20 bits per heavy atom. The predicted molar refractivity (Wildman–Crippen MR) is 87.6 cm³/mol. The summed E-state index contributed by atoms with van der Waals surface area (Å²) >= 11 is 0. The molecule has 1 heterocycles. The number of hydrogen-bond donors (Lipinski definition) is 2. The lowest BCUT2D eigenvalue weighted by molar-refractivity contribution is -0.145. The molecule has 0 aliphatic carbocycles. The standard InChI is InChI=1S/C17H18N2O6/c1-2-3-4-9-16(21)24-11-15(20)18-19-17(22)14-10-23-12-7-5-6-8-13(12)25-14/h2-9,14H,10-11H2,1H3,(H,18,20)(H,19,22)/b3-2+,9-4+/t14-/m1/s1. The number of rotatable bonds is 5. The van der Waals surface area contributed by atoms with Crippen LogP contribution in [0.5, 0.6) is 11.5 Å². The highest BCUT2D eigenvalue weighted by Gasteiger charge is 2.27. The second-order valence-electron chi connectivity index (χ2n) is 4.89. The fourth-order valence-electron chi connectivity index (χ4n) is 1.83. The lowest BCUT2D eigenvalue weighted by atomic mass is 10.2. The van der Waals surface area contributed by atoms with E-state index in [4.69, 9.17) is 14.2 Å². The first-order valence-corrected chi connectivity index (χ1v) is 7.53. The van der Waals surface area contributed by atoms with Crippen LogP contribution in [-0.4, -0.2) is 37.1 Å². The number of amides is 2. The number of hydrazine groups is 1. The number of benzene rings is 1. The van der Waals surface area contributed by atoms with Gasteiger partial charge in [0, 0.05) is 6.08 Å². The van der Waals surface area contributed by atoms with Crippen LogP contribution in [0.4, 0.5) is 0 Å². The summed E-state index contributed by atoms with van der Waals surface area (Å²) in [5.74, 6) is -0.934. The van der Waals surface area contributed by atoms with E-state index in [1.165, 1.54) is 12.2 Å². The molecule has 0 fully saturated rings. The molecule has 1 aromatic carbocycles. The van der Waals surface area contributed by atoms with Crippen molar-refractivity contribution in [3.05, 3.63) is 48.6 Å². The van der Waals surface area contributed by atoms with Gasteiger partial charge in [0.2, 0.25) is 6.10 Å². The third-order valence-electron chi connectivity index (χ3n) is 3.01. The fourth-order valence-corrected chi connectivity index (χ4v) is 1.83. The van der Waals surface area contributed by atoms with Gasteiger partial charge in [0.25, 0.3) is 11.8 Å². The predicted octanol–water partition coefficient (Wildman–Crippen LogP) is 0.649. The number of fused-ring (bicyclic) bond motifs is 1. The zero-order chi connectivity index (χ0) is 18.1. The summed E-state index contributed by atoms with van der Waals surface area (Å²) in [4.78, 5) is 34.8. The molecule has 0 saturated carbocycles. The van der Waals surface area contributed by atoms with Crippen LogP contribution < -0.4 is 20.3 Å². The maximum absolute atomic E-state index is 12.0. The average Bonchev–Trinajstić information content (AvgIpc) is 2.64. The highest BCUT2D eigenvalue weighted by molar-refractivity contribution is 5.88. The third kappa shape index (κ3) is 5.69. The molecule has 2 rings (SSSR count). The lowest BCUT2D eigenvalue weighted by Gasteiger charge is -2.25. The highest BCUT2D eigenvalue weighted by Crippen LogP contribution is 2.30. The number of ether oxygens (including phenoxy) is 3. The number of carbonyl (C=O) groups is 3. The van der Waals surface area contributed by atoms with E-state index in [-0.39, 0.29) is 6.61 Å². The van der Waals surface area contributed by atoms with Crippen LogP contribution in [0, 0.1) is 0 Å². The van der Waals surface area contributed by atoms with E-state index in [1.807, 2.05) is 0 Å². The monoisotopic (exact) mass is 346 g/mol. The molecular weight excluding hydrogens is 328 g/mol. The minimum Gasteiger partial charge on any atom is -0.485 e. The van der Waals surface area contributed by atoms with Crippen LogP contribution in [0.25, 0.3) is 0 Å². The SMILES string of the molecule is C/C=C/C=C/C(=O)OCC(=O)NNC(=O)[C@H]1COc2ccccc2O1. The maximum atomic E-state index is 12.0. The van der Waals surface area contributed by atoms with E-state index in [0.717, 1.165) is 0 Å². The third-order valence-corrected chi connectivity index (χ3v) is 3.01. The van der Waals surface area contributed by atoms with E-state index in [2.05, 4.69) is 10.9 Å². The number of allylic oxidation sites excluding steroid dienone is 3. The normalized spacial score (nSPS) is 15.8. The molecule has 0 bridgehead atoms. The quantitative estimate of drug-likeness (QED) is 0.351. The number of carbonyl (C=O) groups excluding carboxylic acids is 3. The van der Waals surface area contributed by atoms with Crippen LogP contribution in [0.3, 0.4) is 0 Å². The van der Waals surface area contributed by atoms with Crippen LogP contribution in [-0.2, 0) is 19.1 Å². The Morgan fingerprint density at radius 3 is 2.72 bits per heavy atom. The lowest BCUT2D eigenvalue weighted by Crippen LogP contribution is -2.51. The molecule has 0 aromatic heterocycles. The zero-order valence-electron chi connectivity index (χ0n) is 13.6. The molecule has 0 saturated heterocycles. The minimum atomic E-state index is -0.901. The average molecular weight is 346 g/mol. The van der Waals surface area contributed by atoms with Crippen LogP contribution >= 0.6 is 0 Å². The van der Waals surface area contributed by atoms with Crippen molar-refractivity contribution in [2.75, 3.05) is 13.2 Å². The van der Waals surface area contributed by atoms with Gasteiger partial charge in [-0.15, -0.1) is 0 Å². The molecule has 8 nitrogen and oxygen atoms in total. The molecule has 1 aliphatic heterocycles. The van der Waals surface area contributed by atoms with Crippen molar-refractivity contribution in [2.45, 2.75) is 13.0 Å². The van der Waals surface area contributed by atoms with Gasteiger partial charge in [-0.05, 0) is 19.1 Å². The molecule has 8 heteroatoms. The Morgan fingerprint density at radius 2 is 1.96 bits per heavy atom. The number of para-hydroxylation sites is 2. The van der Waals surface area contributed by atoms with Crippen molar-refractivity contribution >= 4 is 17.8 Å². The molecular formula is C17H18N2O6. The first kappa shape index (κ1) is 18.1. The Kier molecular flexibility index (Phi) is 6.58. The number of nitrogens with one attached hydrogen (secondary N) is 2. The number of hydrogen-bond acceptors (Lipinski definition) is 6. The molecule has 2 N–H and O–H groups in total. The smallest absolute Gasteiger partial charge is 0.331 e. The van der Waals surface area contributed by atoms with E-state index in [9.17, 15) is 14.4 Å². The first-order chi connectivity index (χ1) is 12.1. The molecule has 132 valence electrons. The second kappa shape index (κ2) is 9.11. The van der Waals surface area contributed by atoms with Crippen LogP contribution in [0.2, 0.25) is 0 Å². The molecule has 0 radical (unpaired) electrons. The molecule has 2 amide bonds.